The van der Waals surface area contributed by atoms with E-state index in [0.717, 1.165) is 6.42 Å². The predicted molar refractivity (Wildman–Crippen MR) is 79.4 cm³/mol. The summed E-state index contributed by atoms with van der Waals surface area (Å²) in [6, 6.07) is 12.1. The molecule has 3 nitrogen and oxygen atoms in total. The van der Waals surface area contributed by atoms with Crippen molar-refractivity contribution in [3.8, 4) is 0 Å². The molecule has 0 atom stereocenters. The van der Waals surface area contributed by atoms with Crippen molar-refractivity contribution in [1.29, 1.82) is 0 Å². The topological polar surface area (TPSA) is 41.1 Å². The summed E-state index contributed by atoms with van der Waals surface area (Å²) in [5.41, 5.74) is 2.46. The van der Waals surface area contributed by atoms with E-state index >= 15 is 0 Å². The molecule has 0 aliphatic heterocycles. The molecule has 1 heterocycles. The molecule has 0 aliphatic carbocycles. The Morgan fingerprint density at radius 3 is 2.63 bits per heavy atom. The number of carbonyl (C=O) groups excluding carboxylic acids is 1. The van der Waals surface area contributed by atoms with Crippen LogP contribution in [0.15, 0.2) is 41.8 Å². The largest absolute Gasteiger partial charge is 0.338 e. The van der Waals surface area contributed by atoms with Crippen molar-refractivity contribution >= 4 is 17.4 Å². The van der Waals surface area contributed by atoms with E-state index in [2.05, 4.69) is 35.8 Å². The molecule has 0 radical (unpaired) electrons. The van der Waals surface area contributed by atoms with Crippen molar-refractivity contribution in [3.63, 3.8) is 0 Å². The number of urea groups is 1. The standard InChI is InChI=1S/C15H18N2OS/c1-12-8-10-19-14(12)11-17-15(18)16-9-7-13-5-3-2-4-6-13/h2-6,8,10H,7,9,11H2,1H3,(H2,16,17,18). The maximum absolute atomic E-state index is 11.6. The Bertz CT molecular complexity index is 522. The second-order valence-electron chi connectivity index (χ2n) is 4.37. The van der Waals surface area contributed by atoms with E-state index in [1.54, 1.807) is 11.3 Å². The van der Waals surface area contributed by atoms with Crippen molar-refractivity contribution < 1.29 is 4.79 Å². The maximum Gasteiger partial charge on any atom is 0.315 e. The summed E-state index contributed by atoms with van der Waals surface area (Å²) in [6.45, 7) is 3.31. The minimum atomic E-state index is -0.108. The van der Waals surface area contributed by atoms with Crippen molar-refractivity contribution in [2.24, 2.45) is 0 Å². The molecule has 2 rings (SSSR count). The van der Waals surface area contributed by atoms with E-state index in [0.29, 0.717) is 13.1 Å². The van der Waals surface area contributed by atoms with Crippen molar-refractivity contribution in [1.82, 2.24) is 10.6 Å². The fourth-order valence-electron chi connectivity index (χ4n) is 1.77. The molecule has 2 N–H and O–H groups in total. The first-order valence-corrected chi connectivity index (χ1v) is 7.22. The average Bonchev–Trinajstić information content (AvgIpc) is 2.83. The number of hydrogen-bond acceptors (Lipinski definition) is 2. The summed E-state index contributed by atoms with van der Waals surface area (Å²) in [7, 11) is 0. The summed E-state index contributed by atoms with van der Waals surface area (Å²) >= 11 is 1.67. The zero-order valence-corrected chi connectivity index (χ0v) is 11.8. The van der Waals surface area contributed by atoms with Crippen LogP contribution in [0.4, 0.5) is 4.79 Å². The van der Waals surface area contributed by atoms with Gasteiger partial charge < -0.3 is 10.6 Å². The number of thiophene rings is 1. The molecular weight excluding hydrogens is 256 g/mol. The van der Waals surface area contributed by atoms with Gasteiger partial charge in [0.25, 0.3) is 0 Å². The van der Waals surface area contributed by atoms with Crippen LogP contribution in [0.3, 0.4) is 0 Å². The molecule has 0 fully saturated rings. The average molecular weight is 274 g/mol. The summed E-state index contributed by atoms with van der Waals surface area (Å²) in [6.07, 6.45) is 0.853. The van der Waals surface area contributed by atoms with Crippen LogP contribution in [-0.4, -0.2) is 12.6 Å². The van der Waals surface area contributed by atoms with E-state index in [9.17, 15) is 4.79 Å². The third-order valence-electron chi connectivity index (χ3n) is 2.92. The molecule has 2 aromatic rings. The molecule has 1 aromatic heterocycles. The highest BCUT2D eigenvalue weighted by Gasteiger charge is 2.03. The summed E-state index contributed by atoms with van der Waals surface area (Å²) in [5, 5.41) is 7.78. The first-order valence-electron chi connectivity index (χ1n) is 6.34. The molecule has 0 unspecified atom stereocenters. The highest BCUT2D eigenvalue weighted by atomic mass is 32.1. The van der Waals surface area contributed by atoms with Crippen LogP contribution in [0.1, 0.15) is 16.0 Å². The van der Waals surface area contributed by atoms with Gasteiger partial charge in [-0.25, -0.2) is 4.79 Å². The number of amides is 2. The van der Waals surface area contributed by atoms with Crippen LogP contribution in [0.25, 0.3) is 0 Å². The molecule has 4 heteroatoms. The summed E-state index contributed by atoms with van der Waals surface area (Å²) < 4.78 is 0. The minimum Gasteiger partial charge on any atom is -0.338 e. The Kier molecular flexibility index (Phi) is 4.98. The van der Waals surface area contributed by atoms with Gasteiger partial charge in [0.2, 0.25) is 0 Å². The zero-order valence-electron chi connectivity index (χ0n) is 11.0. The third kappa shape index (κ3) is 4.41. The highest BCUT2D eigenvalue weighted by molar-refractivity contribution is 7.10. The van der Waals surface area contributed by atoms with Crippen molar-refractivity contribution in [2.45, 2.75) is 19.9 Å². The summed E-state index contributed by atoms with van der Waals surface area (Å²) in [5.74, 6) is 0. The molecule has 0 aliphatic rings. The van der Waals surface area contributed by atoms with Gasteiger partial charge in [0, 0.05) is 11.4 Å². The minimum absolute atomic E-state index is 0.108. The van der Waals surface area contributed by atoms with E-state index in [-0.39, 0.29) is 6.03 Å². The predicted octanol–water partition coefficient (Wildman–Crippen LogP) is 3.10. The smallest absolute Gasteiger partial charge is 0.315 e. The lowest BCUT2D eigenvalue weighted by Crippen LogP contribution is -2.36. The van der Waals surface area contributed by atoms with Crippen LogP contribution < -0.4 is 10.6 Å². The first-order chi connectivity index (χ1) is 9.25. The van der Waals surface area contributed by atoms with Gasteiger partial charge in [-0.3, -0.25) is 0 Å². The number of rotatable bonds is 5. The normalized spacial score (nSPS) is 10.2. The molecule has 0 spiro atoms. The Labute approximate surface area is 117 Å². The van der Waals surface area contributed by atoms with Gasteiger partial charge in [-0.1, -0.05) is 30.3 Å². The molecule has 2 amide bonds. The lowest BCUT2D eigenvalue weighted by Gasteiger charge is -2.07. The second-order valence-corrected chi connectivity index (χ2v) is 5.37. The van der Waals surface area contributed by atoms with Gasteiger partial charge in [-0.15, -0.1) is 11.3 Å². The van der Waals surface area contributed by atoms with Crippen LogP contribution >= 0.6 is 11.3 Å². The van der Waals surface area contributed by atoms with E-state index < -0.39 is 0 Å². The fourth-order valence-corrected chi connectivity index (χ4v) is 2.62. The number of carbonyl (C=O) groups is 1. The summed E-state index contributed by atoms with van der Waals surface area (Å²) in [4.78, 5) is 12.8. The number of aryl methyl sites for hydroxylation is 1. The highest BCUT2D eigenvalue weighted by Crippen LogP contribution is 2.14. The first kappa shape index (κ1) is 13.6. The van der Waals surface area contributed by atoms with Gasteiger partial charge in [-0.2, -0.15) is 0 Å². The van der Waals surface area contributed by atoms with E-state index in [1.165, 1.54) is 16.0 Å². The maximum atomic E-state index is 11.6. The quantitative estimate of drug-likeness (QED) is 0.864. The van der Waals surface area contributed by atoms with Crippen LogP contribution in [0.5, 0.6) is 0 Å². The monoisotopic (exact) mass is 274 g/mol. The fraction of sp³-hybridized carbons (Fsp3) is 0.267. The van der Waals surface area contributed by atoms with Gasteiger partial charge >= 0.3 is 6.03 Å². The van der Waals surface area contributed by atoms with Gasteiger partial charge in [0.1, 0.15) is 0 Å². The van der Waals surface area contributed by atoms with E-state index in [1.807, 2.05) is 23.6 Å². The van der Waals surface area contributed by atoms with Crippen molar-refractivity contribution in [3.05, 3.63) is 57.8 Å². The molecular formula is C15H18N2OS. The Morgan fingerprint density at radius 1 is 1.16 bits per heavy atom. The number of nitrogens with one attached hydrogen (secondary N) is 2. The number of hydrogen-bond donors (Lipinski definition) is 2. The molecule has 100 valence electrons. The second kappa shape index (κ2) is 6.95. The zero-order chi connectivity index (χ0) is 13.5. The van der Waals surface area contributed by atoms with Gasteiger partial charge in [0.05, 0.1) is 6.54 Å². The number of benzene rings is 1. The molecule has 0 saturated carbocycles. The third-order valence-corrected chi connectivity index (χ3v) is 3.94. The molecule has 19 heavy (non-hydrogen) atoms. The van der Waals surface area contributed by atoms with Crippen LogP contribution in [0.2, 0.25) is 0 Å². The lowest BCUT2D eigenvalue weighted by molar-refractivity contribution is 0.240. The Balaban J connectivity index is 1.66. The van der Waals surface area contributed by atoms with Crippen molar-refractivity contribution in [2.75, 3.05) is 6.54 Å². The molecule has 0 saturated heterocycles. The van der Waals surface area contributed by atoms with Crippen LogP contribution in [-0.2, 0) is 13.0 Å². The van der Waals surface area contributed by atoms with Gasteiger partial charge in [-0.05, 0) is 35.9 Å². The van der Waals surface area contributed by atoms with E-state index in [4.69, 9.17) is 0 Å². The van der Waals surface area contributed by atoms with Gasteiger partial charge in [0.15, 0.2) is 0 Å². The Hall–Kier alpha value is -1.81. The molecule has 1 aromatic carbocycles. The molecule has 0 bridgehead atoms. The van der Waals surface area contributed by atoms with Crippen LogP contribution in [0, 0.1) is 6.92 Å². The SMILES string of the molecule is Cc1ccsc1CNC(=O)NCCc1ccccc1. The lowest BCUT2D eigenvalue weighted by atomic mass is 10.1. The Morgan fingerprint density at radius 2 is 1.95 bits per heavy atom.